The predicted octanol–water partition coefficient (Wildman–Crippen LogP) is 2.24. The Hall–Kier alpha value is -1.23. The average Bonchev–Trinajstić information content (AvgIpc) is 2.95. The maximum absolute atomic E-state index is 4.29. The Kier molecular flexibility index (Phi) is 6.01. The van der Waals surface area contributed by atoms with E-state index in [-0.39, 0.29) is 0 Å². The maximum atomic E-state index is 4.29. The summed E-state index contributed by atoms with van der Waals surface area (Å²) >= 11 is 1.66. The molecule has 2 N–H and O–H groups in total. The van der Waals surface area contributed by atoms with Gasteiger partial charge in [-0.1, -0.05) is 24.3 Å². The molecular weight excluding hydrogens is 254 g/mol. The largest absolute Gasteiger partial charge is 0.319 e. The molecule has 0 atom stereocenters. The fraction of sp³-hybridized carbons (Fsp3) is 0.400. The van der Waals surface area contributed by atoms with Crippen LogP contribution in [0.4, 0.5) is 0 Å². The highest BCUT2D eigenvalue weighted by atomic mass is 32.1. The summed E-state index contributed by atoms with van der Waals surface area (Å²) in [6.07, 6.45) is 2.09. The van der Waals surface area contributed by atoms with E-state index in [1.54, 1.807) is 11.3 Å². The molecule has 0 aliphatic rings. The topological polar surface area (TPSA) is 37.0 Å². The minimum atomic E-state index is 0.935. The van der Waals surface area contributed by atoms with Crippen molar-refractivity contribution in [2.45, 2.75) is 19.4 Å². The van der Waals surface area contributed by atoms with E-state index in [1.165, 1.54) is 16.8 Å². The zero-order chi connectivity index (χ0) is 13.3. The summed E-state index contributed by atoms with van der Waals surface area (Å²) in [6.45, 7) is 2.93. The molecule has 1 heterocycles. The highest BCUT2D eigenvalue weighted by molar-refractivity contribution is 7.07. The molecular formula is C15H21N3S. The standard InChI is InChI=1S/C15H21N3S/c1-16-8-6-13-4-2-3-5-14(13)10-17-9-7-15-11-19-12-18-15/h2-5,11-12,16-17H,6-10H2,1H3. The molecule has 2 aromatic rings. The van der Waals surface area contributed by atoms with Crippen LogP contribution in [0.15, 0.2) is 35.2 Å². The first kappa shape index (κ1) is 14.2. The summed E-state index contributed by atoms with van der Waals surface area (Å²) in [5.74, 6) is 0. The van der Waals surface area contributed by atoms with Gasteiger partial charge >= 0.3 is 0 Å². The van der Waals surface area contributed by atoms with Crippen LogP contribution in [-0.4, -0.2) is 25.1 Å². The van der Waals surface area contributed by atoms with Crippen LogP contribution in [0.1, 0.15) is 16.8 Å². The molecule has 102 valence electrons. The molecule has 0 amide bonds. The molecule has 0 saturated heterocycles. The van der Waals surface area contributed by atoms with E-state index in [0.29, 0.717) is 0 Å². The SMILES string of the molecule is CNCCc1ccccc1CNCCc1cscn1. The first-order valence-electron chi connectivity index (χ1n) is 6.69. The number of rotatable bonds is 8. The van der Waals surface area contributed by atoms with Crippen LogP contribution in [0.3, 0.4) is 0 Å². The molecule has 3 nitrogen and oxygen atoms in total. The lowest BCUT2D eigenvalue weighted by atomic mass is 10.0. The number of nitrogens with zero attached hydrogens (tertiary/aromatic N) is 1. The van der Waals surface area contributed by atoms with Gasteiger partial charge < -0.3 is 10.6 Å². The third-order valence-corrected chi connectivity index (χ3v) is 3.75. The second-order valence-electron chi connectivity index (χ2n) is 4.53. The summed E-state index contributed by atoms with van der Waals surface area (Å²) in [7, 11) is 1.99. The van der Waals surface area contributed by atoms with Crippen molar-refractivity contribution in [3.05, 3.63) is 52.0 Å². The fourth-order valence-corrected chi connectivity index (χ4v) is 2.63. The Morgan fingerprint density at radius 1 is 1.11 bits per heavy atom. The Morgan fingerprint density at radius 3 is 2.68 bits per heavy atom. The van der Waals surface area contributed by atoms with Gasteiger partial charge in [0, 0.05) is 24.9 Å². The van der Waals surface area contributed by atoms with Crippen molar-refractivity contribution >= 4 is 11.3 Å². The zero-order valence-corrected chi connectivity index (χ0v) is 12.2. The first-order valence-corrected chi connectivity index (χ1v) is 7.63. The Balaban J connectivity index is 1.78. The predicted molar refractivity (Wildman–Crippen MR) is 81.6 cm³/mol. The van der Waals surface area contributed by atoms with Gasteiger partial charge in [0.15, 0.2) is 0 Å². The molecule has 0 spiro atoms. The van der Waals surface area contributed by atoms with Crippen LogP contribution in [0.25, 0.3) is 0 Å². The van der Waals surface area contributed by atoms with E-state index in [1.807, 2.05) is 12.6 Å². The third-order valence-electron chi connectivity index (χ3n) is 3.12. The van der Waals surface area contributed by atoms with Gasteiger partial charge in [0.1, 0.15) is 0 Å². The van der Waals surface area contributed by atoms with Crippen LogP contribution in [0, 0.1) is 0 Å². The number of nitrogens with one attached hydrogen (secondary N) is 2. The van der Waals surface area contributed by atoms with Crippen LogP contribution in [-0.2, 0) is 19.4 Å². The number of hydrogen-bond acceptors (Lipinski definition) is 4. The smallest absolute Gasteiger partial charge is 0.0794 e. The maximum Gasteiger partial charge on any atom is 0.0794 e. The Morgan fingerprint density at radius 2 is 1.95 bits per heavy atom. The summed E-state index contributed by atoms with van der Waals surface area (Å²) in [5, 5.41) is 8.82. The van der Waals surface area contributed by atoms with E-state index in [9.17, 15) is 0 Å². The molecule has 0 fully saturated rings. The lowest BCUT2D eigenvalue weighted by molar-refractivity contribution is 0.674. The van der Waals surface area contributed by atoms with Gasteiger partial charge in [0.2, 0.25) is 0 Å². The number of benzene rings is 1. The van der Waals surface area contributed by atoms with Crippen molar-refractivity contribution in [3.8, 4) is 0 Å². The molecule has 0 aliphatic carbocycles. The number of hydrogen-bond donors (Lipinski definition) is 2. The van der Waals surface area contributed by atoms with Crippen molar-refractivity contribution in [1.29, 1.82) is 0 Å². The minimum Gasteiger partial charge on any atom is -0.319 e. The average molecular weight is 275 g/mol. The molecule has 0 radical (unpaired) electrons. The van der Waals surface area contributed by atoms with E-state index in [4.69, 9.17) is 0 Å². The zero-order valence-electron chi connectivity index (χ0n) is 11.4. The molecule has 0 unspecified atom stereocenters. The van der Waals surface area contributed by atoms with Crippen LogP contribution < -0.4 is 10.6 Å². The van der Waals surface area contributed by atoms with Gasteiger partial charge in [0.25, 0.3) is 0 Å². The van der Waals surface area contributed by atoms with E-state index in [0.717, 1.165) is 32.5 Å². The molecule has 4 heteroatoms. The van der Waals surface area contributed by atoms with E-state index >= 15 is 0 Å². The van der Waals surface area contributed by atoms with Crippen molar-refractivity contribution in [2.75, 3.05) is 20.1 Å². The molecule has 0 aliphatic heterocycles. The summed E-state index contributed by atoms with van der Waals surface area (Å²) in [5.41, 5.74) is 5.90. The second kappa shape index (κ2) is 8.04. The van der Waals surface area contributed by atoms with Gasteiger partial charge in [-0.3, -0.25) is 0 Å². The number of aromatic nitrogens is 1. The molecule has 0 bridgehead atoms. The first-order chi connectivity index (χ1) is 9.40. The highest BCUT2D eigenvalue weighted by Crippen LogP contribution is 2.09. The van der Waals surface area contributed by atoms with Gasteiger partial charge in [-0.2, -0.15) is 0 Å². The minimum absolute atomic E-state index is 0.935. The van der Waals surface area contributed by atoms with Crippen molar-refractivity contribution in [3.63, 3.8) is 0 Å². The lowest BCUT2D eigenvalue weighted by Gasteiger charge is -2.10. The normalized spacial score (nSPS) is 10.8. The van der Waals surface area contributed by atoms with E-state index in [2.05, 4.69) is 45.3 Å². The lowest BCUT2D eigenvalue weighted by Crippen LogP contribution is -2.19. The quantitative estimate of drug-likeness (QED) is 0.726. The van der Waals surface area contributed by atoms with Crippen LogP contribution in [0.5, 0.6) is 0 Å². The van der Waals surface area contributed by atoms with Crippen molar-refractivity contribution < 1.29 is 0 Å². The summed E-state index contributed by atoms with van der Waals surface area (Å²) < 4.78 is 0. The van der Waals surface area contributed by atoms with Crippen LogP contribution in [0.2, 0.25) is 0 Å². The van der Waals surface area contributed by atoms with Crippen molar-refractivity contribution in [2.24, 2.45) is 0 Å². The summed E-state index contributed by atoms with van der Waals surface area (Å²) in [6, 6.07) is 8.65. The monoisotopic (exact) mass is 275 g/mol. The molecule has 0 saturated carbocycles. The number of likely N-dealkylation sites (N-methyl/N-ethyl adjacent to an activating group) is 1. The fourth-order valence-electron chi connectivity index (χ4n) is 2.03. The van der Waals surface area contributed by atoms with Gasteiger partial charge in [-0.05, 0) is 31.1 Å². The highest BCUT2D eigenvalue weighted by Gasteiger charge is 2.01. The third kappa shape index (κ3) is 4.74. The second-order valence-corrected chi connectivity index (χ2v) is 5.25. The molecule has 2 rings (SSSR count). The van der Waals surface area contributed by atoms with Crippen LogP contribution >= 0.6 is 11.3 Å². The van der Waals surface area contributed by atoms with Gasteiger partial charge in [0.05, 0.1) is 11.2 Å². The molecule has 19 heavy (non-hydrogen) atoms. The molecule has 1 aromatic heterocycles. The van der Waals surface area contributed by atoms with Gasteiger partial charge in [-0.25, -0.2) is 4.98 Å². The summed E-state index contributed by atoms with van der Waals surface area (Å²) in [4.78, 5) is 4.29. The molecule has 1 aromatic carbocycles. The Bertz CT molecular complexity index is 468. The number of thiazole rings is 1. The van der Waals surface area contributed by atoms with E-state index < -0.39 is 0 Å². The van der Waals surface area contributed by atoms with Gasteiger partial charge in [-0.15, -0.1) is 11.3 Å². The van der Waals surface area contributed by atoms with Crippen molar-refractivity contribution in [1.82, 2.24) is 15.6 Å². The Labute approximate surface area is 119 Å².